The zero-order valence-corrected chi connectivity index (χ0v) is 14.9. The van der Waals surface area contributed by atoms with Gasteiger partial charge in [0.2, 0.25) is 0 Å². The van der Waals surface area contributed by atoms with E-state index in [1.807, 2.05) is 12.1 Å². The number of thiophene rings is 1. The first-order valence-corrected chi connectivity index (χ1v) is 9.21. The molecule has 0 spiro atoms. The van der Waals surface area contributed by atoms with Gasteiger partial charge in [-0.25, -0.2) is 4.98 Å². The maximum Gasteiger partial charge on any atom is 0.125 e. The average molecular weight is 384 g/mol. The highest BCUT2D eigenvalue weighted by atomic mass is 79.9. The van der Waals surface area contributed by atoms with Crippen LogP contribution in [0.15, 0.2) is 40.2 Å². The lowest BCUT2D eigenvalue weighted by atomic mass is 10.1. The second kappa shape index (κ2) is 6.51. The number of alkyl halides is 1. The molecule has 0 saturated carbocycles. The maximum atomic E-state index is 6.16. The molecule has 0 fully saturated rings. The highest BCUT2D eigenvalue weighted by Gasteiger charge is 2.20. The molecule has 1 atom stereocenters. The second-order valence-electron chi connectivity index (χ2n) is 4.98. The van der Waals surface area contributed by atoms with Crippen LogP contribution in [-0.2, 0) is 5.88 Å². The number of nitrogens with zero attached hydrogens (tertiary/aromatic N) is 2. The molecule has 0 aliphatic heterocycles. The fourth-order valence-electron chi connectivity index (χ4n) is 2.71. The van der Waals surface area contributed by atoms with Crippen LogP contribution in [-0.4, -0.2) is 9.55 Å². The third kappa shape index (κ3) is 2.89. The topological polar surface area (TPSA) is 17.8 Å². The van der Waals surface area contributed by atoms with E-state index in [1.165, 1.54) is 4.88 Å². The van der Waals surface area contributed by atoms with Crippen molar-refractivity contribution in [3.8, 4) is 0 Å². The first-order valence-electron chi connectivity index (χ1n) is 7.00. The Kier molecular flexibility index (Phi) is 4.67. The van der Waals surface area contributed by atoms with Gasteiger partial charge in [0.05, 0.1) is 23.0 Å². The molecular weight excluding hydrogens is 368 g/mol. The number of rotatable bonds is 5. The number of benzene rings is 1. The molecule has 0 aliphatic rings. The molecule has 2 heterocycles. The van der Waals surface area contributed by atoms with Crippen molar-refractivity contribution in [2.24, 2.45) is 0 Å². The smallest absolute Gasteiger partial charge is 0.125 e. The van der Waals surface area contributed by atoms with Gasteiger partial charge < -0.3 is 4.57 Å². The van der Waals surface area contributed by atoms with Crippen molar-refractivity contribution in [1.29, 1.82) is 0 Å². The minimum absolute atomic E-state index is 0.308. The summed E-state index contributed by atoms with van der Waals surface area (Å²) >= 11 is 11.5. The van der Waals surface area contributed by atoms with Crippen LogP contribution in [0, 0.1) is 0 Å². The zero-order chi connectivity index (χ0) is 14.8. The third-order valence-electron chi connectivity index (χ3n) is 3.59. The van der Waals surface area contributed by atoms with Crippen molar-refractivity contribution in [2.45, 2.75) is 31.7 Å². The summed E-state index contributed by atoms with van der Waals surface area (Å²) in [5.41, 5.74) is 2.15. The van der Waals surface area contributed by atoms with Crippen molar-refractivity contribution in [2.75, 3.05) is 0 Å². The van der Waals surface area contributed by atoms with Crippen LogP contribution in [0.3, 0.4) is 0 Å². The molecule has 0 bridgehead atoms. The first kappa shape index (κ1) is 15.1. The van der Waals surface area contributed by atoms with E-state index in [2.05, 4.69) is 51.0 Å². The summed E-state index contributed by atoms with van der Waals surface area (Å²) in [6.45, 7) is 2.22. The van der Waals surface area contributed by atoms with Crippen LogP contribution >= 0.6 is 38.9 Å². The fraction of sp³-hybridized carbons (Fsp3) is 0.312. The Balaban J connectivity index is 2.22. The minimum Gasteiger partial charge on any atom is -0.318 e. The highest BCUT2D eigenvalue weighted by molar-refractivity contribution is 9.10. The Bertz CT molecular complexity index is 736. The van der Waals surface area contributed by atoms with E-state index in [9.17, 15) is 0 Å². The molecule has 1 unspecified atom stereocenters. The number of hydrogen-bond donors (Lipinski definition) is 0. The largest absolute Gasteiger partial charge is 0.318 e. The van der Waals surface area contributed by atoms with Crippen LogP contribution in [0.4, 0.5) is 0 Å². The average Bonchev–Trinajstić information content (AvgIpc) is 3.12. The van der Waals surface area contributed by atoms with Crippen LogP contribution in [0.2, 0.25) is 0 Å². The first-order chi connectivity index (χ1) is 10.2. The molecule has 0 saturated heterocycles. The molecule has 0 amide bonds. The van der Waals surface area contributed by atoms with Crippen molar-refractivity contribution in [1.82, 2.24) is 9.55 Å². The van der Waals surface area contributed by atoms with Gasteiger partial charge in [-0.2, -0.15) is 0 Å². The van der Waals surface area contributed by atoms with Crippen LogP contribution in [0.1, 0.15) is 36.5 Å². The molecule has 2 aromatic heterocycles. The summed E-state index contributed by atoms with van der Waals surface area (Å²) in [4.78, 5) is 6.06. The van der Waals surface area contributed by atoms with Gasteiger partial charge in [-0.05, 0) is 36.1 Å². The molecule has 0 radical (unpaired) electrons. The molecule has 110 valence electrons. The quantitative estimate of drug-likeness (QED) is 0.495. The minimum atomic E-state index is 0.308. The summed E-state index contributed by atoms with van der Waals surface area (Å²) in [6.07, 6.45) is 2.21. The SMILES string of the molecule is CCCC(c1cccs1)n1c(CCl)nc2ccc(Br)cc21. The van der Waals surface area contributed by atoms with Gasteiger partial charge in [-0.3, -0.25) is 0 Å². The van der Waals surface area contributed by atoms with E-state index >= 15 is 0 Å². The molecule has 0 N–H and O–H groups in total. The van der Waals surface area contributed by atoms with E-state index in [0.29, 0.717) is 11.9 Å². The number of halogens is 2. The molecule has 21 heavy (non-hydrogen) atoms. The van der Waals surface area contributed by atoms with Crippen molar-refractivity contribution in [3.05, 3.63) is 50.9 Å². The van der Waals surface area contributed by atoms with E-state index in [-0.39, 0.29) is 0 Å². The molecule has 3 aromatic rings. The van der Waals surface area contributed by atoms with Crippen molar-refractivity contribution >= 4 is 49.9 Å². The Morgan fingerprint density at radius 3 is 2.90 bits per heavy atom. The number of aromatic nitrogens is 2. The third-order valence-corrected chi connectivity index (χ3v) is 5.30. The lowest BCUT2D eigenvalue weighted by Gasteiger charge is -2.20. The number of fused-ring (bicyclic) bond motifs is 1. The Morgan fingerprint density at radius 2 is 2.24 bits per heavy atom. The lowest BCUT2D eigenvalue weighted by Crippen LogP contribution is -2.12. The zero-order valence-electron chi connectivity index (χ0n) is 11.7. The van der Waals surface area contributed by atoms with Gasteiger partial charge in [0.15, 0.2) is 0 Å². The second-order valence-corrected chi connectivity index (χ2v) is 7.15. The summed E-state index contributed by atoms with van der Waals surface area (Å²) in [6, 6.07) is 10.8. The van der Waals surface area contributed by atoms with E-state index < -0.39 is 0 Å². The molecule has 0 aliphatic carbocycles. The molecule has 2 nitrogen and oxygen atoms in total. The standard InChI is InChI=1S/C16H16BrClN2S/c1-2-4-13(15-5-3-8-21-15)20-14-9-11(17)6-7-12(14)19-16(20)10-18/h3,5-9,13H,2,4,10H2,1H3. The van der Waals surface area contributed by atoms with Crippen LogP contribution in [0.25, 0.3) is 11.0 Å². The summed E-state index contributed by atoms with van der Waals surface area (Å²) in [5.74, 6) is 1.37. The normalized spacial score (nSPS) is 12.9. The summed E-state index contributed by atoms with van der Waals surface area (Å²) < 4.78 is 3.38. The van der Waals surface area contributed by atoms with E-state index in [4.69, 9.17) is 16.6 Å². The van der Waals surface area contributed by atoms with Gasteiger partial charge in [0.25, 0.3) is 0 Å². The van der Waals surface area contributed by atoms with Crippen LogP contribution in [0.5, 0.6) is 0 Å². The Hall–Kier alpha value is -0.840. The summed E-state index contributed by atoms with van der Waals surface area (Å²) in [5, 5.41) is 2.13. The number of imidazole rings is 1. The Morgan fingerprint density at radius 1 is 1.38 bits per heavy atom. The van der Waals surface area contributed by atoms with E-state index in [0.717, 1.165) is 34.2 Å². The molecule has 3 rings (SSSR count). The molecule has 5 heteroatoms. The molecule has 1 aromatic carbocycles. The predicted molar refractivity (Wildman–Crippen MR) is 94.4 cm³/mol. The van der Waals surface area contributed by atoms with Gasteiger partial charge in [-0.15, -0.1) is 22.9 Å². The molecular formula is C16H16BrClN2S. The van der Waals surface area contributed by atoms with Gasteiger partial charge in [0, 0.05) is 9.35 Å². The van der Waals surface area contributed by atoms with Gasteiger partial charge in [0.1, 0.15) is 5.82 Å². The van der Waals surface area contributed by atoms with Crippen molar-refractivity contribution in [3.63, 3.8) is 0 Å². The number of hydrogen-bond acceptors (Lipinski definition) is 2. The van der Waals surface area contributed by atoms with Gasteiger partial charge >= 0.3 is 0 Å². The predicted octanol–water partition coefficient (Wildman–Crippen LogP) is 5.99. The summed E-state index contributed by atoms with van der Waals surface area (Å²) in [7, 11) is 0. The lowest BCUT2D eigenvalue weighted by molar-refractivity contribution is 0.540. The maximum absolute atomic E-state index is 6.16. The fourth-order valence-corrected chi connectivity index (χ4v) is 4.10. The van der Waals surface area contributed by atoms with Crippen LogP contribution < -0.4 is 0 Å². The Labute approximate surface area is 141 Å². The van der Waals surface area contributed by atoms with Gasteiger partial charge in [-0.1, -0.05) is 35.3 Å². The van der Waals surface area contributed by atoms with E-state index in [1.54, 1.807) is 11.3 Å². The monoisotopic (exact) mass is 382 g/mol. The van der Waals surface area contributed by atoms with Crippen molar-refractivity contribution < 1.29 is 0 Å². The highest BCUT2D eigenvalue weighted by Crippen LogP contribution is 2.33.